The standard InChI is InChI=1S/C19H21NO4S/c1-2-24-15-8-10-16(11-9-15)25-13-18(21)20-12-17(19(22)23)14-6-4-3-5-7-14/h3-11,17H,2,12-13H2,1H3,(H,20,21)(H,22,23). The minimum absolute atomic E-state index is 0.0714. The molecule has 0 saturated carbocycles. The van der Waals surface area contributed by atoms with Crippen molar-refractivity contribution in [1.29, 1.82) is 0 Å². The molecule has 0 aromatic heterocycles. The summed E-state index contributed by atoms with van der Waals surface area (Å²) in [4.78, 5) is 24.4. The maximum absolute atomic E-state index is 12.0. The first-order chi connectivity index (χ1) is 12.1. The third-order valence-corrected chi connectivity index (χ3v) is 4.52. The zero-order valence-electron chi connectivity index (χ0n) is 14.0. The minimum atomic E-state index is -0.953. The van der Waals surface area contributed by atoms with Gasteiger partial charge >= 0.3 is 5.97 Å². The normalized spacial score (nSPS) is 11.6. The molecule has 1 amide bonds. The zero-order chi connectivity index (χ0) is 18.1. The van der Waals surface area contributed by atoms with E-state index in [-0.39, 0.29) is 18.2 Å². The van der Waals surface area contributed by atoms with E-state index < -0.39 is 11.9 Å². The van der Waals surface area contributed by atoms with Crippen LogP contribution in [0.4, 0.5) is 0 Å². The van der Waals surface area contributed by atoms with Gasteiger partial charge in [0.1, 0.15) is 5.75 Å². The lowest BCUT2D eigenvalue weighted by atomic mass is 9.99. The van der Waals surface area contributed by atoms with Crippen LogP contribution in [0.5, 0.6) is 5.75 Å². The number of aliphatic carboxylic acids is 1. The molecule has 0 radical (unpaired) electrons. The summed E-state index contributed by atoms with van der Waals surface area (Å²) in [5.74, 6) is -0.870. The Labute approximate surface area is 151 Å². The highest BCUT2D eigenvalue weighted by atomic mass is 32.2. The molecule has 132 valence electrons. The number of carboxylic acids is 1. The van der Waals surface area contributed by atoms with Crippen LogP contribution in [0.15, 0.2) is 59.5 Å². The predicted octanol–water partition coefficient (Wildman–Crippen LogP) is 3.16. The Morgan fingerprint density at radius 3 is 2.40 bits per heavy atom. The van der Waals surface area contributed by atoms with Crippen molar-refractivity contribution in [3.8, 4) is 5.75 Å². The molecule has 2 aromatic carbocycles. The summed E-state index contributed by atoms with van der Waals surface area (Å²) in [6.45, 7) is 2.61. The fourth-order valence-electron chi connectivity index (χ4n) is 2.25. The number of carbonyl (C=O) groups is 2. The smallest absolute Gasteiger partial charge is 0.312 e. The van der Waals surface area contributed by atoms with E-state index in [1.54, 1.807) is 24.3 Å². The number of thioether (sulfide) groups is 1. The Kier molecular flexibility index (Phi) is 7.35. The summed E-state index contributed by atoms with van der Waals surface area (Å²) in [5, 5.41) is 12.0. The van der Waals surface area contributed by atoms with Gasteiger partial charge in [-0.15, -0.1) is 11.8 Å². The number of carboxylic acid groups (broad SMARTS) is 1. The number of hydrogen-bond acceptors (Lipinski definition) is 4. The van der Waals surface area contributed by atoms with E-state index in [2.05, 4.69) is 5.32 Å². The summed E-state index contributed by atoms with van der Waals surface area (Å²) < 4.78 is 5.37. The van der Waals surface area contributed by atoms with Crippen LogP contribution in [0.1, 0.15) is 18.4 Å². The summed E-state index contributed by atoms with van der Waals surface area (Å²) in [7, 11) is 0. The molecule has 0 aliphatic heterocycles. The molecule has 2 aromatic rings. The number of rotatable bonds is 9. The van der Waals surface area contributed by atoms with Crippen molar-refractivity contribution in [1.82, 2.24) is 5.32 Å². The number of ether oxygens (including phenoxy) is 1. The highest BCUT2D eigenvalue weighted by Gasteiger charge is 2.20. The van der Waals surface area contributed by atoms with Crippen molar-refractivity contribution in [3.63, 3.8) is 0 Å². The van der Waals surface area contributed by atoms with Crippen molar-refractivity contribution in [2.24, 2.45) is 0 Å². The molecule has 0 bridgehead atoms. The third-order valence-electron chi connectivity index (χ3n) is 3.51. The van der Waals surface area contributed by atoms with Gasteiger partial charge in [-0.2, -0.15) is 0 Å². The average Bonchev–Trinajstić information content (AvgIpc) is 2.62. The molecule has 0 spiro atoms. The van der Waals surface area contributed by atoms with Crippen LogP contribution in [-0.4, -0.2) is 35.9 Å². The van der Waals surface area contributed by atoms with Crippen molar-refractivity contribution >= 4 is 23.6 Å². The van der Waals surface area contributed by atoms with Crippen LogP contribution in [0.3, 0.4) is 0 Å². The molecular weight excluding hydrogens is 338 g/mol. The van der Waals surface area contributed by atoms with Gasteiger partial charge in [-0.3, -0.25) is 9.59 Å². The molecule has 2 rings (SSSR count). The molecule has 0 aliphatic carbocycles. The van der Waals surface area contributed by atoms with Crippen LogP contribution in [0.25, 0.3) is 0 Å². The van der Waals surface area contributed by atoms with Crippen molar-refractivity contribution in [3.05, 3.63) is 60.2 Å². The first-order valence-corrected chi connectivity index (χ1v) is 8.98. The number of benzene rings is 2. The molecule has 0 heterocycles. The molecule has 1 atom stereocenters. The largest absolute Gasteiger partial charge is 0.494 e. The third kappa shape index (κ3) is 6.15. The van der Waals surface area contributed by atoms with Crippen molar-refractivity contribution in [2.45, 2.75) is 17.7 Å². The Morgan fingerprint density at radius 2 is 1.80 bits per heavy atom. The molecule has 0 fully saturated rings. The van der Waals surface area contributed by atoms with Crippen LogP contribution in [0.2, 0.25) is 0 Å². The average molecular weight is 359 g/mol. The second-order valence-corrected chi connectivity index (χ2v) is 6.35. The second-order valence-electron chi connectivity index (χ2n) is 5.30. The minimum Gasteiger partial charge on any atom is -0.494 e. The van der Waals surface area contributed by atoms with Gasteiger partial charge in [0, 0.05) is 11.4 Å². The number of hydrogen-bond donors (Lipinski definition) is 2. The van der Waals surface area contributed by atoms with E-state index in [1.165, 1.54) is 11.8 Å². The predicted molar refractivity (Wildman–Crippen MR) is 98.2 cm³/mol. The van der Waals surface area contributed by atoms with Crippen LogP contribution in [-0.2, 0) is 9.59 Å². The Bertz CT molecular complexity index is 688. The molecule has 0 aliphatic rings. The van der Waals surface area contributed by atoms with Gasteiger partial charge in [0.15, 0.2) is 0 Å². The zero-order valence-corrected chi connectivity index (χ0v) is 14.8. The first kappa shape index (κ1) is 18.9. The fraction of sp³-hybridized carbons (Fsp3) is 0.263. The number of nitrogens with one attached hydrogen (secondary N) is 1. The second kappa shape index (κ2) is 9.74. The molecule has 1 unspecified atom stereocenters. The SMILES string of the molecule is CCOc1ccc(SCC(=O)NCC(C(=O)O)c2ccccc2)cc1. The summed E-state index contributed by atoms with van der Waals surface area (Å²) in [5.41, 5.74) is 0.675. The lowest BCUT2D eigenvalue weighted by Crippen LogP contribution is -2.32. The van der Waals surface area contributed by atoms with Gasteiger partial charge in [-0.1, -0.05) is 30.3 Å². The molecule has 0 saturated heterocycles. The van der Waals surface area contributed by atoms with Gasteiger partial charge in [-0.05, 0) is 36.8 Å². The topological polar surface area (TPSA) is 75.6 Å². The van der Waals surface area contributed by atoms with Crippen LogP contribution in [0, 0.1) is 0 Å². The van der Waals surface area contributed by atoms with Gasteiger partial charge in [0.2, 0.25) is 5.91 Å². The van der Waals surface area contributed by atoms with Crippen LogP contribution < -0.4 is 10.1 Å². The Morgan fingerprint density at radius 1 is 1.12 bits per heavy atom. The van der Waals surface area contributed by atoms with E-state index >= 15 is 0 Å². The van der Waals surface area contributed by atoms with Crippen LogP contribution >= 0.6 is 11.8 Å². The first-order valence-electron chi connectivity index (χ1n) is 8.00. The van der Waals surface area contributed by atoms with Crippen molar-refractivity contribution < 1.29 is 19.4 Å². The molecule has 5 nitrogen and oxygen atoms in total. The maximum atomic E-state index is 12.0. The van der Waals surface area contributed by atoms with Gasteiger partial charge < -0.3 is 15.2 Å². The Balaban J connectivity index is 1.82. The number of carbonyl (C=O) groups excluding carboxylic acids is 1. The molecular formula is C19H21NO4S. The van der Waals surface area contributed by atoms with Crippen molar-refractivity contribution in [2.75, 3.05) is 18.9 Å². The molecule has 25 heavy (non-hydrogen) atoms. The van der Waals surface area contributed by atoms with E-state index in [0.717, 1.165) is 10.6 Å². The van der Waals surface area contributed by atoms with Gasteiger partial charge in [0.05, 0.1) is 18.3 Å². The van der Waals surface area contributed by atoms with E-state index in [1.807, 2.05) is 37.3 Å². The van der Waals surface area contributed by atoms with Gasteiger partial charge in [0.25, 0.3) is 0 Å². The van der Waals surface area contributed by atoms with E-state index in [0.29, 0.717) is 12.2 Å². The molecule has 2 N–H and O–H groups in total. The van der Waals surface area contributed by atoms with E-state index in [4.69, 9.17) is 4.74 Å². The maximum Gasteiger partial charge on any atom is 0.312 e. The summed E-state index contributed by atoms with van der Waals surface area (Å²) >= 11 is 1.40. The highest BCUT2D eigenvalue weighted by Crippen LogP contribution is 2.21. The summed E-state index contributed by atoms with van der Waals surface area (Å²) in [6, 6.07) is 16.4. The quantitative estimate of drug-likeness (QED) is 0.673. The number of amides is 1. The highest BCUT2D eigenvalue weighted by molar-refractivity contribution is 8.00. The Hall–Kier alpha value is -2.47. The fourth-order valence-corrected chi connectivity index (χ4v) is 2.98. The van der Waals surface area contributed by atoms with Gasteiger partial charge in [-0.25, -0.2) is 0 Å². The monoisotopic (exact) mass is 359 g/mol. The molecule has 6 heteroatoms. The summed E-state index contributed by atoms with van der Waals surface area (Å²) in [6.07, 6.45) is 0. The lowest BCUT2D eigenvalue weighted by molar-refractivity contribution is -0.138. The lowest BCUT2D eigenvalue weighted by Gasteiger charge is -2.13. The van der Waals surface area contributed by atoms with E-state index in [9.17, 15) is 14.7 Å².